The largest absolute Gasteiger partial charge is 0.436 e. The van der Waals surface area contributed by atoms with Crippen molar-refractivity contribution < 1.29 is 26.5 Å². The summed E-state index contributed by atoms with van der Waals surface area (Å²) in [6.45, 7) is 0. The highest BCUT2D eigenvalue weighted by molar-refractivity contribution is 7.89. The van der Waals surface area contributed by atoms with Gasteiger partial charge in [0.2, 0.25) is 10.0 Å². The number of alkyl halides is 3. The maximum absolute atomic E-state index is 12.5. The number of benzene rings is 1. The van der Waals surface area contributed by atoms with Crippen molar-refractivity contribution in [3.8, 4) is 5.69 Å². The van der Waals surface area contributed by atoms with Crippen molar-refractivity contribution in [2.45, 2.75) is 11.1 Å². The first-order valence-electron chi connectivity index (χ1n) is 5.31. The summed E-state index contributed by atoms with van der Waals surface area (Å²) in [5.41, 5.74) is -2.40. The highest BCUT2D eigenvalue weighted by atomic mass is 32.2. The zero-order valence-electron chi connectivity index (χ0n) is 10.4. The number of hydrogen-bond acceptors (Lipinski definition) is 6. The monoisotopic (exact) mass is 337 g/mol. The van der Waals surface area contributed by atoms with Crippen molar-refractivity contribution in [2.24, 2.45) is 5.14 Å². The number of primary sulfonamides is 1. The molecule has 2 rings (SSSR count). The first kappa shape index (κ1) is 15.8. The van der Waals surface area contributed by atoms with E-state index in [1.165, 1.54) is 0 Å². The molecule has 22 heavy (non-hydrogen) atoms. The van der Waals surface area contributed by atoms with Crippen molar-refractivity contribution in [2.75, 3.05) is 0 Å². The van der Waals surface area contributed by atoms with E-state index in [-0.39, 0.29) is 0 Å². The third-order valence-electron chi connectivity index (χ3n) is 2.46. The standard InChI is InChI=1S/C9H6F3N5O4S/c10-9(11,12)8-4-14-16(15-8)6-2-1-5(17(18)19)3-7(6)22(13,20)21/h1-4H,(H2,13,20,21). The van der Waals surface area contributed by atoms with Crippen LogP contribution in [0, 0.1) is 10.1 Å². The Kier molecular flexibility index (Phi) is 3.62. The molecule has 1 heterocycles. The second-order valence-electron chi connectivity index (χ2n) is 3.97. The molecule has 0 aliphatic carbocycles. The van der Waals surface area contributed by atoms with Crippen molar-refractivity contribution in [3.63, 3.8) is 0 Å². The number of aromatic nitrogens is 3. The van der Waals surface area contributed by atoms with Gasteiger partial charge in [-0.2, -0.15) is 18.3 Å². The predicted molar refractivity (Wildman–Crippen MR) is 64.4 cm³/mol. The SMILES string of the molecule is NS(=O)(=O)c1cc([N+](=O)[O-])ccc1-n1ncc(C(F)(F)F)n1. The molecule has 0 aliphatic rings. The van der Waals surface area contributed by atoms with Crippen LogP contribution in [-0.4, -0.2) is 28.3 Å². The second kappa shape index (κ2) is 5.03. The summed E-state index contributed by atoms with van der Waals surface area (Å²) in [4.78, 5) is 9.38. The van der Waals surface area contributed by atoms with E-state index in [4.69, 9.17) is 5.14 Å². The normalized spacial score (nSPS) is 12.4. The summed E-state index contributed by atoms with van der Waals surface area (Å²) in [5.74, 6) is 0. The summed E-state index contributed by atoms with van der Waals surface area (Å²) in [6.07, 6.45) is -4.39. The molecule has 1 aromatic carbocycles. The Labute approximate surface area is 120 Å². The van der Waals surface area contributed by atoms with Gasteiger partial charge < -0.3 is 0 Å². The smallest absolute Gasteiger partial charge is 0.258 e. The van der Waals surface area contributed by atoms with Gasteiger partial charge >= 0.3 is 6.18 Å². The van der Waals surface area contributed by atoms with Gasteiger partial charge in [0.05, 0.1) is 11.1 Å². The molecule has 0 fully saturated rings. The number of nitrogens with zero attached hydrogens (tertiary/aromatic N) is 4. The Bertz CT molecular complexity index is 845. The van der Waals surface area contributed by atoms with E-state index in [0.717, 1.165) is 12.1 Å². The highest BCUT2D eigenvalue weighted by Crippen LogP contribution is 2.28. The molecule has 2 aromatic rings. The van der Waals surface area contributed by atoms with Gasteiger partial charge in [0.15, 0.2) is 5.69 Å². The summed E-state index contributed by atoms with van der Waals surface area (Å²) >= 11 is 0. The van der Waals surface area contributed by atoms with Crippen LogP contribution in [0.4, 0.5) is 18.9 Å². The van der Waals surface area contributed by atoms with Gasteiger partial charge in [0.1, 0.15) is 10.6 Å². The zero-order chi connectivity index (χ0) is 16.7. The predicted octanol–water partition coefficient (Wildman–Crippen LogP) is 0.842. The molecule has 0 atom stereocenters. The molecular formula is C9H6F3N5O4S. The number of nitrogens with two attached hydrogens (primary N) is 1. The third kappa shape index (κ3) is 3.04. The van der Waals surface area contributed by atoms with Gasteiger partial charge in [-0.15, -0.1) is 9.90 Å². The minimum absolute atomic E-state index is 0.381. The summed E-state index contributed by atoms with van der Waals surface area (Å²) in [7, 11) is -4.45. The van der Waals surface area contributed by atoms with E-state index < -0.39 is 43.1 Å². The van der Waals surface area contributed by atoms with Crippen LogP contribution >= 0.6 is 0 Å². The van der Waals surface area contributed by atoms with Crippen LogP contribution in [0.25, 0.3) is 5.69 Å². The lowest BCUT2D eigenvalue weighted by Crippen LogP contribution is -2.17. The van der Waals surface area contributed by atoms with E-state index in [2.05, 4.69) is 10.2 Å². The maximum atomic E-state index is 12.5. The number of hydrogen-bond donors (Lipinski definition) is 1. The first-order chi connectivity index (χ1) is 10.00. The van der Waals surface area contributed by atoms with E-state index in [9.17, 15) is 31.7 Å². The van der Waals surface area contributed by atoms with Gasteiger partial charge in [0, 0.05) is 12.1 Å². The fourth-order valence-corrected chi connectivity index (χ4v) is 2.24. The lowest BCUT2D eigenvalue weighted by atomic mass is 10.3. The van der Waals surface area contributed by atoms with Crippen LogP contribution in [-0.2, 0) is 16.2 Å². The fourth-order valence-electron chi connectivity index (χ4n) is 1.52. The lowest BCUT2D eigenvalue weighted by Gasteiger charge is -2.06. The number of nitro groups is 1. The van der Waals surface area contributed by atoms with Crippen molar-refractivity contribution in [1.29, 1.82) is 0 Å². The zero-order valence-corrected chi connectivity index (χ0v) is 11.2. The van der Waals surface area contributed by atoms with Crippen LogP contribution in [0.3, 0.4) is 0 Å². The van der Waals surface area contributed by atoms with Gasteiger partial charge in [-0.05, 0) is 6.07 Å². The Morgan fingerprint density at radius 3 is 2.41 bits per heavy atom. The molecule has 0 aliphatic heterocycles. The first-order valence-corrected chi connectivity index (χ1v) is 6.86. The van der Waals surface area contributed by atoms with Crippen molar-refractivity contribution in [3.05, 3.63) is 40.2 Å². The van der Waals surface area contributed by atoms with Crippen LogP contribution in [0.15, 0.2) is 29.3 Å². The quantitative estimate of drug-likeness (QED) is 0.651. The molecule has 0 unspecified atom stereocenters. The number of nitro benzene ring substituents is 1. The second-order valence-corrected chi connectivity index (χ2v) is 5.50. The number of rotatable bonds is 3. The van der Waals surface area contributed by atoms with Crippen LogP contribution in [0.5, 0.6) is 0 Å². The molecule has 0 bridgehead atoms. The van der Waals surface area contributed by atoms with E-state index >= 15 is 0 Å². The lowest BCUT2D eigenvalue weighted by molar-refractivity contribution is -0.385. The van der Waals surface area contributed by atoms with Crippen LogP contribution in [0.2, 0.25) is 0 Å². The Hall–Kier alpha value is -2.54. The summed E-state index contributed by atoms with van der Waals surface area (Å²) < 4.78 is 60.4. The molecule has 1 aromatic heterocycles. The third-order valence-corrected chi connectivity index (χ3v) is 3.40. The molecule has 0 spiro atoms. The number of sulfonamides is 1. The fraction of sp³-hybridized carbons (Fsp3) is 0.111. The molecule has 2 N–H and O–H groups in total. The Balaban J connectivity index is 2.65. The Morgan fingerprint density at radius 1 is 1.32 bits per heavy atom. The summed E-state index contributed by atoms with van der Waals surface area (Å²) in [6, 6.07) is 2.39. The van der Waals surface area contributed by atoms with Crippen LogP contribution in [0.1, 0.15) is 5.69 Å². The van der Waals surface area contributed by atoms with E-state index in [1.807, 2.05) is 0 Å². The van der Waals surface area contributed by atoms with Gasteiger partial charge in [-0.25, -0.2) is 13.6 Å². The average Bonchev–Trinajstić information content (AvgIpc) is 2.86. The molecule has 0 radical (unpaired) electrons. The van der Waals surface area contributed by atoms with E-state index in [1.54, 1.807) is 0 Å². The molecule has 13 heteroatoms. The number of halogens is 3. The van der Waals surface area contributed by atoms with Crippen molar-refractivity contribution >= 4 is 15.7 Å². The summed E-state index contributed by atoms with van der Waals surface area (Å²) in [5, 5.41) is 22.0. The van der Waals surface area contributed by atoms with Gasteiger partial charge in [0.25, 0.3) is 5.69 Å². The Morgan fingerprint density at radius 2 is 1.95 bits per heavy atom. The van der Waals surface area contributed by atoms with E-state index in [0.29, 0.717) is 17.1 Å². The average molecular weight is 337 g/mol. The molecular weight excluding hydrogens is 331 g/mol. The topological polar surface area (TPSA) is 134 Å². The molecule has 0 saturated carbocycles. The van der Waals surface area contributed by atoms with Crippen molar-refractivity contribution in [1.82, 2.24) is 15.0 Å². The van der Waals surface area contributed by atoms with Gasteiger partial charge in [-0.1, -0.05) is 0 Å². The van der Waals surface area contributed by atoms with Gasteiger partial charge in [-0.3, -0.25) is 10.1 Å². The highest BCUT2D eigenvalue weighted by Gasteiger charge is 2.35. The molecule has 118 valence electrons. The maximum Gasteiger partial charge on any atom is 0.436 e. The van der Waals surface area contributed by atoms with Crippen LogP contribution < -0.4 is 5.14 Å². The molecule has 0 saturated heterocycles. The molecule has 9 nitrogen and oxygen atoms in total. The number of non-ortho nitro benzene ring substituents is 1. The molecule has 0 amide bonds. The minimum Gasteiger partial charge on any atom is -0.258 e. The minimum atomic E-state index is -4.78.